The second-order valence-electron chi connectivity index (χ2n) is 6.06. The second-order valence-corrected chi connectivity index (χ2v) is 6.06. The zero-order valence-corrected chi connectivity index (χ0v) is 14.7. The number of benzene rings is 1. The van der Waals surface area contributed by atoms with Gasteiger partial charge in [0.25, 0.3) is 0 Å². The molecule has 0 spiro atoms. The largest absolute Gasteiger partial charge is 0.489 e. The molecule has 0 unspecified atom stereocenters. The van der Waals surface area contributed by atoms with E-state index in [1.807, 2.05) is 6.07 Å². The first-order valence-corrected chi connectivity index (χ1v) is 7.79. The van der Waals surface area contributed by atoms with Gasteiger partial charge in [-0.1, -0.05) is 12.1 Å². The van der Waals surface area contributed by atoms with Gasteiger partial charge in [0, 0.05) is 20.1 Å². The van der Waals surface area contributed by atoms with E-state index in [-0.39, 0.29) is 18.9 Å². The molecule has 1 aromatic carbocycles. The zero-order valence-electron chi connectivity index (χ0n) is 14.7. The van der Waals surface area contributed by atoms with Crippen LogP contribution >= 0.6 is 0 Å². The Bertz CT molecular complexity index is 540. The Kier molecular flexibility index (Phi) is 8.05. The van der Waals surface area contributed by atoms with Gasteiger partial charge >= 0.3 is 6.09 Å². The van der Waals surface area contributed by atoms with Gasteiger partial charge in [-0.15, -0.1) is 0 Å². The molecule has 0 fully saturated rings. The van der Waals surface area contributed by atoms with Gasteiger partial charge in [0.05, 0.1) is 12.3 Å². The van der Waals surface area contributed by atoms with Crippen LogP contribution in [-0.2, 0) is 14.3 Å². The summed E-state index contributed by atoms with van der Waals surface area (Å²) in [5.74, 6) is 0.344. The molecular formula is C17H26N2O5. The maximum absolute atomic E-state index is 12.0. The number of carbonyl (C=O) groups is 2. The summed E-state index contributed by atoms with van der Waals surface area (Å²) in [4.78, 5) is 23.5. The molecule has 0 atom stereocenters. The number of ether oxygens (including phenoxy) is 3. The van der Waals surface area contributed by atoms with Crippen LogP contribution in [0.5, 0.6) is 5.75 Å². The molecule has 7 nitrogen and oxygen atoms in total. The van der Waals surface area contributed by atoms with Crippen molar-refractivity contribution in [2.75, 3.05) is 32.2 Å². The van der Waals surface area contributed by atoms with Crippen LogP contribution in [0.1, 0.15) is 27.2 Å². The van der Waals surface area contributed by atoms with Gasteiger partial charge in [0.2, 0.25) is 5.91 Å². The fourth-order valence-corrected chi connectivity index (χ4v) is 1.74. The topological polar surface area (TPSA) is 85.9 Å². The minimum atomic E-state index is -0.565. The normalized spacial score (nSPS) is 10.8. The minimum absolute atomic E-state index is 0.131. The van der Waals surface area contributed by atoms with E-state index in [1.54, 1.807) is 46.1 Å². The van der Waals surface area contributed by atoms with Crippen molar-refractivity contribution in [3.8, 4) is 5.75 Å². The summed E-state index contributed by atoms with van der Waals surface area (Å²) in [5, 5.41) is 5.31. The fraction of sp³-hybridized carbons (Fsp3) is 0.529. The zero-order chi connectivity index (χ0) is 18.0. The van der Waals surface area contributed by atoms with E-state index in [2.05, 4.69) is 10.6 Å². The minimum Gasteiger partial charge on any atom is -0.489 e. The predicted molar refractivity (Wildman–Crippen MR) is 91.3 cm³/mol. The summed E-state index contributed by atoms with van der Waals surface area (Å²) in [6.45, 7) is 6.37. The molecule has 0 aliphatic carbocycles. The van der Waals surface area contributed by atoms with E-state index in [9.17, 15) is 9.59 Å². The van der Waals surface area contributed by atoms with Crippen LogP contribution in [-0.4, -0.2) is 44.5 Å². The van der Waals surface area contributed by atoms with Gasteiger partial charge < -0.3 is 24.8 Å². The van der Waals surface area contributed by atoms with Crippen molar-refractivity contribution in [1.29, 1.82) is 0 Å². The summed E-state index contributed by atoms with van der Waals surface area (Å²) in [7, 11) is 1.59. The maximum atomic E-state index is 12.0. The highest BCUT2D eigenvalue weighted by atomic mass is 16.6. The summed E-state index contributed by atoms with van der Waals surface area (Å²) in [6, 6.07) is 7.14. The van der Waals surface area contributed by atoms with Crippen LogP contribution in [0.2, 0.25) is 0 Å². The molecule has 1 aromatic rings. The van der Waals surface area contributed by atoms with E-state index in [1.165, 1.54) is 0 Å². The Morgan fingerprint density at radius 2 is 1.83 bits per heavy atom. The van der Waals surface area contributed by atoms with Crippen LogP contribution < -0.4 is 15.4 Å². The van der Waals surface area contributed by atoms with Crippen LogP contribution in [0.3, 0.4) is 0 Å². The smallest absolute Gasteiger partial charge is 0.407 e. The molecule has 24 heavy (non-hydrogen) atoms. The summed E-state index contributed by atoms with van der Waals surface area (Å²) in [6.07, 6.45) is -0.412. The molecule has 0 saturated carbocycles. The Labute approximate surface area is 142 Å². The number of rotatable bonds is 8. The van der Waals surface area contributed by atoms with E-state index in [4.69, 9.17) is 14.2 Å². The lowest BCUT2D eigenvalue weighted by molar-refractivity contribution is -0.116. The molecule has 134 valence electrons. The van der Waals surface area contributed by atoms with Gasteiger partial charge in [-0.2, -0.15) is 0 Å². The monoisotopic (exact) mass is 338 g/mol. The highest BCUT2D eigenvalue weighted by Gasteiger charge is 2.16. The van der Waals surface area contributed by atoms with E-state index in [0.717, 1.165) is 0 Å². The number of hydrogen-bond acceptors (Lipinski definition) is 5. The van der Waals surface area contributed by atoms with Crippen molar-refractivity contribution >= 4 is 17.7 Å². The van der Waals surface area contributed by atoms with Gasteiger partial charge in [0.15, 0.2) is 0 Å². The van der Waals surface area contributed by atoms with Gasteiger partial charge in [-0.3, -0.25) is 4.79 Å². The number of methoxy groups -OCH3 is 1. The number of nitrogens with one attached hydrogen (secondary N) is 2. The molecule has 0 radical (unpaired) electrons. The van der Waals surface area contributed by atoms with E-state index in [0.29, 0.717) is 24.7 Å². The molecule has 2 amide bonds. The van der Waals surface area contributed by atoms with Crippen molar-refractivity contribution in [3.05, 3.63) is 24.3 Å². The van der Waals surface area contributed by atoms with Crippen molar-refractivity contribution in [2.45, 2.75) is 32.8 Å². The number of carbonyl (C=O) groups excluding carboxylic acids is 2. The third-order valence-electron chi connectivity index (χ3n) is 2.73. The Balaban J connectivity index is 2.41. The molecule has 0 saturated heterocycles. The Morgan fingerprint density at radius 1 is 1.12 bits per heavy atom. The lowest BCUT2D eigenvalue weighted by atomic mass is 10.2. The van der Waals surface area contributed by atoms with Crippen LogP contribution in [0, 0.1) is 0 Å². The van der Waals surface area contributed by atoms with E-state index >= 15 is 0 Å². The summed E-state index contributed by atoms with van der Waals surface area (Å²) in [5.41, 5.74) is 0.0149. The molecule has 0 aromatic heterocycles. The number of hydrogen-bond donors (Lipinski definition) is 2. The molecule has 0 bridgehead atoms. The van der Waals surface area contributed by atoms with Gasteiger partial charge in [-0.25, -0.2) is 4.79 Å². The molecule has 7 heteroatoms. The van der Waals surface area contributed by atoms with Crippen molar-refractivity contribution < 1.29 is 23.8 Å². The van der Waals surface area contributed by atoms with Gasteiger partial charge in [0.1, 0.15) is 18.0 Å². The van der Waals surface area contributed by atoms with Crippen molar-refractivity contribution in [1.82, 2.24) is 5.32 Å². The number of anilines is 1. The molecule has 0 heterocycles. The average molecular weight is 338 g/mol. The molecule has 0 aliphatic rings. The SMILES string of the molecule is COCCOc1ccccc1NC(=O)CCNC(=O)OC(C)(C)C. The number of para-hydroxylation sites is 2. The quantitative estimate of drug-likeness (QED) is 0.712. The van der Waals surface area contributed by atoms with Crippen molar-refractivity contribution in [3.63, 3.8) is 0 Å². The van der Waals surface area contributed by atoms with Crippen LogP contribution in [0.25, 0.3) is 0 Å². The fourth-order valence-electron chi connectivity index (χ4n) is 1.74. The van der Waals surface area contributed by atoms with Crippen LogP contribution in [0.15, 0.2) is 24.3 Å². The van der Waals surface area contributed by atoms with E-state index < -0.39 is 11.7 Å². The third kappa shape index (κ3) is 8.38. The summed E-state index contributed by atoms with van der Waals surface area (Å²) >= 11 is 0. The molecule has 2 N–H and O–H groups in total. The highest BCUT2D eigenvalue weighted by molar-refractivity contribution is 5.92. The van der Waals surface area contributed by atoms with Crippen molar-refractivity contribution in [2.24, 2.45) is 0 Å². The Hall–Kier alpha value is -2.28. The lowest BCUT2D eigenvalue weighted by Crippen LogP contribution is -2.34. The number of amides is 2. The first-order valence-electron chi connectivity index (χ1n) is 7.79. The average Bonchev–Trinajstić information content (AvgIpc) is 2.47. The third-order valence-corrected chi connectivity index (χ3v) is 2.73. The number of alkyl carbamates (subject to hydrolysis) is 1. The molecular weight excluding hydrogens is 312 g/mol. The predicted octanol–water partition coefficient (Wildman–Crippen LogP) is 2.57. The first kappa shape index (κ1) is 19.8. The molecule has 1 rings (SSSR count). The standard InChI is InChI=1S/C17H26N2O5/c1-17(2,3)24-16(21)18-10-9-15(20)19-13-7-5-6-8-14(13)23-12-11-22-4/h5-8H,9-12H2,1-4H3,(H,18,21)(H,19,20). The molecule has 0 aliphatic heterocycles. The second kappa shape index (κ2) is 9.77. The van der Waals surface area contributed by atoms with Gasteiger partial charge in [-0.05, 0) is 32.9 Å². The Morgan fingerprint density at radius 3 is 2.50 bits per heavy atom. The van der Waals surface area contributed by atoms with Crippen LogP contribution in [0.4, 0.5) is 10.5 Å². The first-order chi connectivity index (χ1) is 11.3. The highest BCUT2D eigenvalue weighted by Crippen LogP contribution is 2.23. The summed E-state index contributed by atoms with van der Waals surface area (Å²) < 4.78 is 15.6. The maximum Gasteiger partial charge on any atom is 0.407 e. The lowest BCUT2D eigenvalue weighted by Gasteiger charge is -2.19.